The monoisotopic (exact) mass is 391 g/mol. The van der Waals surface area contributed by atoms with E-state index in [1.165, 1.54) is 30.2 Å². The Hall–Kier alpha value is -2.86. The number of rotatable bonds is 4. The molecule has 2 aromatic carbocycles. The van der Waals surface area contributed by atoms with Crippen LogP contribution in [0.3, 0.4) is 0 Å². The standard InChI is InChI=1S/C22H21N3O2S/c1-3-4-7-14-10-12-15(13-11-14)23-22-24-20(26)19(28-22)18-16-8-5-6-9-17(16)25(2)21(18)27/h5-6,8-13H,3-4,7H2,1-2H3,(H,23,24,26)/b19-18-. The first-order chi connectivity index (χ1) is 13.6. The molecule has 2 aliphatic heterocycles. The van der Waals surface area contributed by atoms with Gasteiger partial charge in [-0.1, -0.05) is 43.7 Å². The largest absolute Gasteiger partial charge is 0.311 e. The van der Waals surface area contributed by atoms with Gasteiger partial charge >= 0.3 is 0 Å². The number of amides is 2. The molecule has 0 aliphatic carbocycles. The molecule has 2 amide bonds. The molecule has 1 saturated heterocycles. The maximum Gasteiger partial charge on any atom is 0.264 e. The van der Waals surface area contributed by atoms with Crippen molar-refractivity contribution in [3.8, 4) is 0 Å². The summed E-state index contributed by atoms with van der Waals surface area (Å²) in [7, 11) is 1.72. The van der Waals surface area contributed by atoms with Gasteiger partial charge in [-0.2, -0.15) is 0 Å². The molecule has 28 heavy (non-hydrogen) atoms. The number of unbranched alkanes of at least 4 members (excludes halogenated alkanes) is 1. The Balaban J connectivity index is 1.62. The number of aliphatic imine (C=N–C) groups is 1. The highest BCUT2D eigenvalue weighted by Gasteiger charge is 2.37. The molecule has 2 heterocycles. The molecular formula is C22H21N3O2S. The maximum atomic E-state index is 12.7. The summed E-state index contributed by atoms with van der Waals surface area (Å²) in [6, 6.07) is 15.6. The Bertz CT molecular complexity index is 1010. The Morgan fingerprint density at radius 3 is 2.57 bits per heavy atom. The van der Waals surface area contributed by atoms with Gasteiger partial charge in [-0.25, -0.2) is 4.99 Å². The van der Waals surface area contributed by atoms with Crippen LogP contribution in [0.1, 0.15) is 30.9 Å². The lowest BCUT2D eigenvalue weighted by atomic mass is 10.1. The van der Waals surface area contributed by atoms with Gasteiger partial charge in [0.05, 0.1) is 21.9 Å². The van der Waals surface area contributed by atoms with Gasteiger partial charge in [0.15, 0.2) is 5.17 Å². The number of thioether (sulfide) groups is 1. The number of para-hydroxylation sites is 1. The third-order valence-corrected chi connectivity index (χ3v) is 5.87. The summed E-state index contributed by atoms with van der Waals surface area (Å²) in [5.41, 5.74) is 4.11. The lowest BCUT2D eigenvalue weighted by Crippen LogP contribution is -2.23. The number of fused-ring (bicyclic) bond motifs is 1. The second-order valence-corrected chi connectivity index (χ2v) is 7.83. The van der Waals surface area contributed by atoms with Crippen LogP contribution in [0.4, 0.5) is 11.4 Å². The van der Waals surface area contributed by atoms with Crippen LogP contribution in [0.15, 0.2) is 58.4 Å². The van der Waals surface area contributed by atoms with Crippen molar-refractivity contribution in [2.75, 3.05) is 11.9 Å². The van der Waals surface area contributed by atoms with E-state index in [1.807, 2.05) is 36.4 Å². The SMILES string of the molecule is CCCCc1ccc(N=C2NC(=O)/C(=C3/C(=O)N(C)c4ccccc43)S2)cc1. The summed E-state index contributed by atoms with van der Waals surface area (Å²) in [5.74, 6) is -0.447. The summed E-state index contributed by atoms with van der Waals surface area (Å²) in [5, 5.41) is 3.28. The third kappa shape index (κ3) is 3.36. The van der Waals surface area contributed by atoms with Crippen LogP contribution < -0.4 is 10.2 Å². The molecular weight excluding hydrogens is 370 g/mol. The van der Waals surface area contributed by atoms with Crippen molar-refractivity contribution in [3.05, 3.63) is 64.6 Å². The quantitative estimate of drug-likeness (QED) is 0.792. The first-order valence-corrected chi connectivity index (χ1v) is 10.2. The van der Waals surface area contributed by atoms with Gasteiger partial charge in [0.25, 0.3) is 11.8 Å². The van der Waals surface area contributed by atoms with E-state index in [9.17, 15) is 9.59 Å². The Morgan fingerprint density at radius 2 is 1.82 bits per heavy atom. The number of anilines is 1. The Kier molecular flexibility index (Phi) is 5.05. The normalized spacial score (nSPS) is 20.1. The van der Waals surface area contributed by atoms with Crippen molar-refractivity contribution >= 4 is 45.7 Å². The van der Waals surface area contributed by atoms with Gasteiger partial charge in [0.2, 0.25) is 0 Å². The van der Waals surface area contributed by atoms with Gasteiger partial charge in [-0.15, -0.1) is 0 Å². The van der Waals surface area contributed by atoms with E-state index in [-0.39, 0.29) is 11.8 Å². The predicted octanol–water partition coefficient (Wildman–Crippen LogP) is 4.27. The molecule has 2 aromatic rings. The van der Waals surface area contributed by atoms with Crippen LogP contribution in [0.2, 0.25) is 0 Å². The average Bonchev–Trinajstić information content (AvgIpc) is 3.18. The summed E-state index contributed by atoms with van der Waals surface area (Å²) >= 11 is 1.22. The number of hydrogen-bond donors (Lipinski definition) is 1. The fourth-order valence-electron chi connectivity index (χ4n) is 3.36. The second kappa shape index (κ2) is 7.64. The van der Waals surface area contributed by atoms with Crippen molar-refractivity contribution in [2.24, 2.45) is 4.99 Å². The molecule has 0 atom stereocenters. The van der Waals surface area contributed by atoms with E-state index < -0.39 is 0 Å². The van der Waals surface area contributed by atoms with Crippen LogP contribution in [0.25, 0.3) is 5.57 Å². The molecule has 2 aliphatic rings. The van der Waals surface area contributed by atoms with E-state index in [1.54, 1.807) is 11.9 Å². The van der Waals surface area contributed by atoms with Crippen molar-refractivity contribution in [1.29, 1.82) is 0 Å². The van der Waals surface area contributed by atoms with E-state index in [2.05, 4.69) is 29.4 Å². The van der Waals surface area contributed by atoms with Crippen molar-refractivity contribution < 1.29 is 9.59 Å². The van der Waals surface area contributed by atoms with E-state index in [0.29, 0.717) is 15.6 Å². The Labute approximate surface area is 168 Å². The van der Waals surface area contributed by atoms with E-state index >= 15 is 0 Å². The number of carbonyl (C=O) groups excluding carboxylic acids is 2. The lowest BCUT2D eigenvalue weighted by Gasteiger charge is -2.08. The number of nitrogens with one attached hydrogen (secondary N) is 1. The highest BCUT2D eigenvalue weighted by Crippen LogP contribution is 2.42. The summed E-state index contributed by atoms with van der Waals surface area (Å²) in [6.45, 7) is 2.18. The minimum Gasteiger partial charge on any atom is -0.311 e. The van der Waals surface area contributed by atoms with Crippen molar-refractivity contribution in [3.63, 3.8) is 0 Å². The number of likely N-dealkylation sites (N-methyl/N-ethyl adjacent to an activating group) is 1. The molecule has 0 spiro atoms. The molecule has 0 unspecified atom stereocenters. The summed E-state index contributed by atoms with van der Waals surface area (Å²) in [6.07, 6.45) is 3.39. The summed E-state index contributed by atoms with van der Waals surface area (Å²) in [4.78, 5) is 31.8. The zero-order valence-corrected chi connectivity index (χ0v) is 16.7. The van der Waals surface area contributed by atoms with Crippen LogP contribution in [-0.2, 0) is 16.0 Å². The molecule has 142 valence electrons. The zero-order valence-electron chi connectivity index (χ0n) is 15.9. The molecule has 1 fully saturated rings. The molecule has 4 rings (SSSR count). The van der Waals surface area contributed by atoms with Gasteiger partial charge in [-0.3, -0.25) is 9.59 Å². The van der Waals surface area contributed by atoms with Crippen LogP contribution in [0.5, 0.6) is 0 Å². The number of nitrogens with zero attached hydrogens (tertiary/aromatic N) is 2. The fourth-order valence-corrected chi connectivity index (χ4v) is 4.29. The second-order valence-electron chi connectivity index (χ2n) is 6.83. The lowest BCUT2D eigenvalue weighted by molar-refractivity contribution is -0.116. The van der Waals surface area contributed by atoms with Crippen LogP contribution >= 0.6 is 11.8 Å². The maximum absolute atomic E-state index is 12.7. The average molecular weight is 391 g/mol. The van der Waals surface area contributed by atoms with Gasteiger partial charge in [0, 0.05) is 12.6 Å². The number of amidine groups is 1. The van der Waals surface area contributed by atoms with E-state index in [4.69, 9.17) is 0 Å². The van der Waals surface area contributed by atoms with Crippen molar-refractivity contribution in [1.82, 2.24) is 5.32 Å². The van der Waals surface area contributed by atoms with Crippen LogP contribution in [0, 0.1) is 0 Å². The smallest absolute Gasteiger partial charge is 0.264 e. The minimum absolute atomic E-state index is 0.166. The van der Waals surface area contributed by atoms with E-state index in [0.717, 1.165) is 23.4 Å². The number of benzene rings is 2. The predicted molar refractivity (Wildman–Crippen MR) is 115 cm³/mol. The van der Waals surface area contributed by atoms with Gasteiger partial charge in [0.1, 0.15) is 0 Å². The zero-order chi connectivity index (χ0) is 19.7. The number of hydrogen-bond acceptors (Lipinski definition) is 4. The van der Waals surface area contributed by atoms with Crippen LogP contribution in [-0.4, -0.2) is 24.0 Å². The number of carbonyl (C=O) groups is 2. The molecule has 0 bridgehead atoms. The minimum atomic E-state index is -0.281. The number of aryl methyl sites for hydroxylation is 1. The highest BCUT2D eigenvalue weighted by molar-refractivity contribution is 8.18. The van der Waals surface area contributed by atoms with Crippen molar-refractivity contribution in [2.45, 2.75) is 26.2 Å². The molecule has 0 radical (unpaired) electrons. The first-order valence-electron chi connectivity index (χ1n) is 9.37. The first kappa shape index (κ1) is 18.5. The molecule has 6 heteroatoms. The summed E-state index contributed by atoms with van der Waals surface area (Å²) < 4.78 is 0. The third-order valence-electron chi connectivity index (χ3n) is 4.89. The fraction of sp³-hybridized carbons (Fsp3) is 0.227. The van der Waals surface area contributed by atoms with Gasteiger partial charge in [-0.05, 0) is 48.4 Å². The topological polar surface area (TPSA) is 61.8 Å². The highest BCUT2D eigenvalue weighted by atomic mass is 32.2. The Morgan fingerprint density at radius 1 is 1.07 bits per heavy atom. The molecule has 0 saturated carbocycles. The molecule has 1 N–H and O–H groups in total. The molecule has 0 aromatic heterocycles. The molecule has 5 nitrogen and oxygen atoms in total. The van der Waals surface area contributed by atoms with Gasteiger partial charge < -0.3 is 10.2 Å².